The molecule has 7 nitrogen and oxygen atoms in total. The van der Waals surface area contributed by atoms with Crippen LogP contribution in [0.4, 0.5) is 0 Å². The van der Waals surface area contributed by atoms with Crippen LogP contribution >= 0.6 is 0 Å². The normalized spacial score (nSPS) is 16.0. The van der Waals surface area contributed by atoms with E-state index in [1.54, 1.807) is 30.3 Å². The van der Waals surface area contributed by atoms with Gasteiger partial charge in [0.15, 0.2) is 11.5 Å². The maximum Gasteiger partial charge on any atom is 0.284 e. The maximum atomic E-state index is 12.1. The summed E-state index contributed by atoms with van der Waals surface area (Å²) in [6.45, 7) is 0.103. The van der Waals surface area contributed by atoms with Gasteiger partial charge in [-0.2, -0.15) is 5.10 Å². The smallest absolute Gasteiger partial charge is 0.284 e. The first-order valence-electron chi connectivity index (χ1n) is 7.26. The molecule has 0 aliphatic carbocycles. The Labute approximate surface area is 138 Å². The molecule has 1 aliphatic rings. The van der Waals surface area contributed by atoms with Crippen LogP contribution < -0.4 is 19.6 Å². The number of para-hydroxylation sites is 2. The number of rotatable bonds is 4. The van der Waals surface area contributed by atoms with Crippen LogP contribution in [0.25, 0.3) is 0 Å². The summed E-state index contributed by atoms with van der Waals surface area (Å²) in [5.41, 5.74) is 2.82. The molecule has 0 saturated carbocycles. The van der Waals surface area contributed by atoms with Crippen molar-refractivity contribution in [3.63, 3.8) is 0 Å². The van der Waals surface area contributed by atoms with Gasteiger partial charge in [-0.25, -0.2) is 5.43 Å². The fourth-order valence-electron chi connectivity index (χ4n) is 2.15. The van der Waals surface area contributed by atoms with Crippen molar-refractivity contribution in [2.24, 2.45) is 5.10 Å². The Morgan fingerprint density at radius 2 is 2.12 bits per heavy atom. The summed E-state index contributed by atoms with van der Waals surface area (Å²) in [4.78, 5) is 12.1. The third kappa shape index (κ3) is 3.40. The molecule has 2 N–H and O–H groups in total. The predicted molar refractivity (Wildman–Crippen MR) is 86.7 cm³/mol. The molecule has 1 atom stereocenters. The molecule has 0 spiro atoms. The number of fused-ring (bicyclic) bond motifs is 1. The van der Waals surface area contributed by atoms with E-state index >= 15 is 0 Å². The third-order valence-corrected chi connectivity index (χ3v) is 3.42. The minimum absolute atomic E-state index is 0.00136. The van der Waals surface area contributed by atoms with Crippen molar-refractivity contribution in [2.45, 2.75) is 6.10 Å². The Bertz CT molecular complexity index is 775. The molecule has 0 fully saturated rings. The van der Waals surface area contributed by atoms with Crippen LogP contribution in [0.2, 0.25) is 0 Å². The molecule has 0 radical (unpaired) electrons. The second-order valence-corrected chi connectivity index (χ2v) is 5.02. The number of benzene rings is 2. The molecule has 2 aromatic carbocycles. The first kappa shape index (κ1) is 15.7. The second kappa shape index (κ2) is 6.91. The van der Waals surface area contributed by atoms with E-state index in [1.165, 1.54) is 19.4 Å². The third-order valence-electron chi connectivity index (χ3n) is 3.42. The summed E-state index contributed by atoms with van der Waals surface area (Å²) in [5.74, 6) is 1.21. The molecule has 24 heavy (non-hydrogen) atoms. The lowest BCUT2D eigenvalue weighted by Gasteiger charge is -2.24. The van der Waals surface area contributed by atoms with Gasteiger partial charge in [-0.1, -0.05) is 12.1 Å². The highest BCUT2D eigenvalue weighted by atomic mass is 16.6. The van der Waals surface area contributed by atoms with Crippen molar-refractivity contribution < 1.29 is 24.1 Å². The highest BCUT2D eigenvalue weighted by Crippen LogP contribution is 2.30. The largest absolute Gasteiger partial charge is 0.507 e. The van der Waals surface area contributed by atoms with Crippen molar-refractivity contribution in [2.75, 3.05) is 13.7 Å². The maximum absolute atomic E-state index is 12.1. The number of hydrogen-bond donors (Lipinski definition) is 2. The summed E-state index contributed by atoms with van der Waals surface area (Å²) in [6.07, 6.45) is 0.547. The number of hydrogen-bond acceptors (Lipinski definition) is 6. The van der Waals surface area contributed by atoms with Gasteiger partial charge in [0.2, 0.25) is 6.10 Å². The van der Waals surface area contributed by atoms with Gasteiger partial charge in [0, 0.05) is 11.6 Å². The van der Waals surface area contributed by atoms with Gasteiger partial charge in [-0.05, 0) is 24.3 Å². The van der Waals surface area contributed by atoms with Gasteiger partial charge >= 0.3 is 0 Å². The summed E-state index contributed by atoms with van der Waals surface area (Å²) in [7, 11) is 1.51. The Morgan fingerprint density at radius 3 is 2.88 bits per heavy atom. The molecule has 1 aliphatic heterocycles. The number of methoxy groups -OCH3 is 1. The number of aromatic hydroxyl groups is 1. The molecule has 0 bridgehead atoms. The quantitative estimate of drug-likeness (QED) is 0.658. The standard InChI is InChI=1S/C17H16N2O5/c1-22-12-7-6-11(13(20)8-12)9-18-19-17(21)16-10-23-14-4-2-3-5-15(14)24-16/h2-9,16,20H,10H2,1H3,(H,19,21)/b18-9-/t16-/m1/s1. The first-order valence-corrected chi connectivity index (χ1v) is 7.26. The Hall–Kier alpha value is -3.22. The van der Waals surface area contributed by atoms with E-state index < -0.39 is 12.0 Å². The number of phenols is 1. The number of hydrazone groups is 1. The lowest BCUT2D eigenvalue weighted by molar-refractivity contribution is -0.130. The zero-order valence-electron chi connectivity index (χ0n) is 12.9. The van der Waals surface area contributed by atoms with E-state index in [1.807, 2.05) is 6.07 Å². The Kier molecular flexibility index (Phi) is 4.51. The number of nitrogens with zero attached hydrogens (tertiary/aromatic N) is 1. The molecular formula is C17H16N2O5. The van der Waals surface area contributed by atoms with Gasteiger partial charge < -0.3 is 19.3 Å². The van der Waals surface area contributed by atoms with Gasteiger partial charge in [-0.3, -0.25) is 4.79 Å². The highest BCUT2D eigenvalue weighted by Gasteiger charge is 2.26. The molecule has 124 valence electrons. The van der Waals surface area contributed by atoms with E-state index in [-0.39, 0.29) is 12.4 Å². The van der Waals surface area contributed by atoms with Crippen LogP contribution in [0.15, 0.2) is 47.6 Å². The number of nitrogens with one attached hydrogen (secondary N) is 1. The van der Waals surface area contributed by atoms with Crippen molar-refractivity contribution in [1.82, 2.24) is 5.43 Å². The summed E-state index contributed by atoms with van der Waals surface area (Å²) in [5, 5.41) is 13.6. The van der Waals surface area contributed by atoms with E-state index in [0.29, 0.717) is 22.8 Å². The minimum atomic E-state index is -0.790. The molecule has 0 aromatic heterocycles. The molecule has 2 aromatic rings. The summed E-state index contributed by atoms with van der Waals surface area (Å²) in [6, 6.07) is 11.9. The Balaban J connectivity index is 1.60. The first-order chi connectivity index (χ1) is 11.7. The average molecular weight is 328 g/mol. The van der Waals surface area contributed by atoms with Crippen molar-refractivity contribution >= 4 is 12.1 Å². The molecule has 1 amide bonds. The van der Waals surface area contributed by atoms with Crippen molar-refractivity contribution in [3.05, 3.63) is 48.0 Å². The number of carbonyl (C=O) groups excluding carboxylic acids is 1. The van der Waals surface area contributed by atoms with E-state index in [9.17, 15) is 9.90 Å². The van der Waals surface area contributed by atoms with Gasteiger partial charge in [-0.15, -0.1) is 0 Å². The fourth-order valence-corrected chi connectivity index (χ4v) is 2.15. The lowest BCUT2D eigenvalue weighted by Crippen LogP contribution is -2.42. The molecule has 3 rings (SSSR count). The molecule has 7 heteroatoms. The summed E-state index contributed by atoms with van der Waals surface area (Å²) >= 11 is 0. The Morgan fingerprint density at radius 1 is 1.33 bits per heavy atom. The van der Waals surface area contributed by atoms with Gasteiger partial charge in [0.25, 0.3) is 5.91 Å². The second-order valence-electron chi connectivity index (χ2n) is 5.02. The number of ether oxygens (including phenoxy) is 3. The topological polar surface area (TPSA) is 89.4 Å². The van der Waals surface area contributed by atoms with Crippen molar-refractivity contribution in [3.8, 4) is 23.0 Å². The predicted octanol–water partition coefficient (Wildman–Crippen LogP) is 1.69. The zero-order chi connectivity index (χ0) is 16.9. The van der Waals surface area contributed by atoms with Crippen LogP contribution in [-0.2, 0) is 4.79 Å². The van der Waals surface area contributed by atoms with Crippen molar-refractivity contribution in [1.29, 1.82) is 0 Å². The minimum Gasteiger partial charge on any atom is -0.507 e. The van der Waals surface area contributed by atoms with Crippen LogP contribution in [-0.4, -0.2) is 37.0 Å². The van der Waals surface area contributed by atoms with Gasteiger partial charge in [0.1, 0.15) is 18.1 Å². The number of amides is 1. The van der Waals surface area contributed by atoms with E-state index in [4.69, 9.17) is 14.2 Å². The zero-order valence-corrected chi connectivity index (χ0v) is 12.9. The van der Waals surface area contributed by atoms with Crippen LogP contribution in [0.3, 0.4) is 0 Å². The van der Waals surface area contributed by atoms with Crippen LogP contribution in [0.1, 0.15) is 5.56 Å². The average Bonchev–Trinajstić information content (AvgIpc) is 2.62. The molecule has 0 saturated heterocycles. The van der Waals surface area contributed by atoms with Crippen LogP contribution in [0, 0.1) is 0 Å². The molecule has 1 heterocycles. The SMILES string of the molecule is COc1ccc(/C=N\NC(=O)[C@H]2COc3ccccc3O2)c(O)c1. The number of carbonyl (C=O) groups is 1. The fraction of sp³-hybridized carbons (Fsp3) is 0.176. The number of phenolic OH excluding ortho intramolecular Hbond substituents is 1. The van der Waals surface area contributed by atoms with Crippen LogP contribution in [0.5, 0.6) is 23.0 Å². The lowest BCUT2D eigenvalue weighted by atomic mass is 10.2. The molecule has 0 unspecified atom stereocenters. The van der Waals surface area contributed by atoms with E-state index in [0.717, 1.165) is 0 Å². The van der Waals surface area contributed by atoms with Gasteiger partial charge in [0.05, 0.1) is 13.3 Å². The monoisotopic (exact) mass is 328 g/mol. The van der Waals surface area contributed by atoms with E-state index in [2.05, 4.69) is 10.5 Å². The summed E-state index contributed by atoms with van der Waals surface area (Å²) < 4.78 is 16.0. The highest BCUT2D eigenvalue weighted by molar-refractivity contribution is 5.86. The molecular weight excluding hydrogens is 312 g/mol.